The average molecular weight is 198 g/mol. The van der Waals surface area contributed by atoms with E-state index < -0.39 is 0 Å². The maximum atomic E-state index is 5.43. The normalized spacial score (nSPS) is 12.2. The number of hydrogen-bond acceptors (Lipinski definition) is 6. The zero-order chi connectivity index (χ0) is 10.4. The molecule has 0 spiro atoms. The molecule has 6 heteroatoms. The maximum Gasteiger partial charge on any atom is 0.218 e. The van der Waals surface area contributed by atoms with Crippen molar-refractivity contribution in [1.29, 1.82) is 0 Å². The van der Waals surface area contributed by atoms with Crippen molar-refractivity contribution in [2.45, 2.75) is 13.0 Å². The molecule has 1 aromatic heterocycles. The first-order valence-corrected chi connectivity index (χ1v) is 4.20. The molecule has 0 bridgehead atoms. The molecular formula is C8H14N4O2. The zero-order valence-electron chi connectivity index (χ0n) is 8.23. The van der Waals surface area contributed by atoms with Crippen molar-refractivity contribution in [1.82, 2.24) is 9.97 Å². The number of hydrazine groups is 1. The number of nitrogens with one attached hydrogen (secondary N) is 1. The highest BCUT2D eigenvalue weighted by Crippen LogP contribution is 2.11. The van der Waals surface area contributed by atoms with Crippen molar-refractivity contribution in [3.05, 3.63) is 12.4 Å². The van der Waals surface area contributed by atoms with E-state index in [4.69, 9.17) is 15.3 Å². The Morgan fingerprint density at radius 2 is 2.36 bits per heavy atom. The van der Waals surface area contributed by atoms with Gasteiger partial charge in [-0.05, 0) is 6.92 Å². The van der Waals surface area contributed by atoms with Crippen LogP contribution in [0.1, 0.15) is 6.92 Å². The fourth-order valence-corrected chi connectivity index (χ4v) is 0.958. The van der Waals surface area contributed by atoms with E-state index in [1.54, 1.807) is 13.2 Å². The number of nitrogen functional groups attached to an aromatic ring is 1. The van der Waals surface area contributed by atoms with E-state index in [9.17, 15) is 0 Å². The van der Waals surface area contributed by atoms with Crippen molar-refractivity contribution in [2.24, 2.45) is 5.84 Å². The molecule has 0 radical (unpaired) electrons. The lowest BCUT2D eigenvalue weighted by Gasteiger charge is -2.12. The van der Waals surface area contributed by atoms with Gasteiger partial charge in [-0.2, -0.15) is 0 Å². The molecule has 0 saturated carbocycles. The number of aromatic nitrogens is 2. The molecular weight excluding hydrogens is 184 g/mol. The van der Waals surface area contributed by atoms with Crippen LogP contribution in [0.25, 0.3) is 0 Å². The molecule has 1 atom stereocenters. The fourth-order valence-electron chi connectivity index (χ4n) is 0.958. The molecule has 1 rings (SSSR count). The van der Waals surface area contributed by atoms with Gasteiger partial charge in [0, 0.05) is 13.2 Å². The van der Waals surface area contributed by atoms with Crippen LogP contribution >= 0.6 is 0 Å². The first-order valence-electron chi connectivity index (χ1n) is 4.20. The molecule has 3 N–H and O–H groups in total. The van der Waals surface area contributed by atoms with Gasteiger partial charge >= 0.3 is 0 Å². The van der Waals surface area contributed by atoms with Crippen LogP contribution in [0.5, 0.6) is 5.88 Å². The van der Waals surface area contributed by atoms with E-state index in [1.165, 1.54) is 6.33 Å². The SMILES string of the molecule is COCC(C)Oc1cc(NN)ncn1. The standard InChI is InChI=1S/C8H14N4O2/c1-6(4-13-2)14-8-3-7(12-9)10-5-11-8/h3,5-6H,4,9H2,1-2H3,(H,10,11,12). The third kappa shape index (κ3) is 3.15. The first kappa shape index (κ1) is 10.7. The van der Waals surface area contributed by atoms with Crippen molar-refractivity contribution >= 4 is 5.82 Å². The van der Waals surface area contributed by atoms with Crippen molar-refractivity contribution in [2.75, 3.05) is 19.1 Å². The van der Waals surface area contributed by atoms with Gasteiger partial charge in [-0.1, -0.05) is 0 Å². The minimum atomic E-state index is -0.0551. The summed E-state index contributed by atoms with van der Waals surface area (Å²) in [5, 5.41) is 0. The minimum absolute atomic E-state index is 0.0551. The monoisotopic (exact) mass is 198 g/mol. The summed E-state index contributed by atoms with van der Waals surface area (Å²) < 4.78 is 10.3. The summed E-state index contributed by atoms with van der Waals surface area (Å²) in [7, 11) is 1.62. The topological polar surface area (TPSA) is 82.3 Å². The minimum Gasteiger partial charge on any atom is -0.472 e. The highest BCUT2D eigenvalue weighted by atomic mass is 16.5. The van der Waals surface area contributed by atoms with Gasteiger partial charge in [-0.15, -0.1) is 0 Å². The maximum absolute atomic E-state index is 5.43. The zero-order valence-corrected chi connectivity index (χ0v) is 8.23. The Balaban J connectivity index is 2.57. The molecule has 0 aliphatic heterocycles. The van der Waals surface area contributed by atoms with Crippen LogP contribution < -0.4 is 16.0 Å². The van der Waals surface area contributed by atoms with Gasteiger partial charge in [0.05, 0.1) is 6.61 Å². The first-order chi connectivity index (χ1) is 6.76. The van der Waals surface area contributed by atoms with Crippen LogP contribution in [-0.2, 0) is 4.74 Å². The highest BCUT2D eigenvalue weighted by molar-refractivity contribution is 5.35. The third-order valence-electron chi connectivity index (χ3n) is 1.51. The van der Waals surface area contributed by atoms with Crippen LogP contribution in [0, 0.1) is 0 Å². The van der Waals surface area contributed by atoms with E-state index in [1.807, 2.05) is 6.92 Å². The van der Waals surface area contributed by atoms with Crippen LogP contribution in [0.15, 0.2) is 12.4 Å². The number of rotatable bonds is 5. The van der Waals surface area contributed by atoms with E-state index >= 15 is 0 Å². The van der Waals surface area contributed by atoms with Gasteiger partial charge in [0.25, 0.3) is 0 Å². The summed E-state index contributed by atoms with van der Waals surface area (Å²) >= 11 is 0. The van der Waals surface area contributed by atoms with Crippen LogP contribution in [0.2, 0.25) is 0 Å². The predicted octanol–water partition coefficient (Wildman–Crippen LogP) is 0.176. The number of hydrogen-bond donors (Lipinski definition) is 2. The molecule has 1 unspecified atom stereocenters. The summed E-state index contributed by atoms with van der Waals surface area (Å²) in [6, 6.07) is 1.62. The molecule has 0 aromatic carbocycles. The molecule has 0 fully saturated rings. The Hall–Kier alpha value is -1.40. The van der Waals surface area contributed by atoms with E-state index in [-0.39, 0.29) is 6.10 Å². The molecule has 6 nitrogen and oxygen atoms in total. The molecule has 0 aliphatic carbocycles. The number of methoxy groups -OCH3 is 1. The Kier molecular flexibility index (Phi) is 4.09. The lowest BCUT2D eigenvalue weighted by molar-refractivity contribution is 0.0889. The smallest absolute Gasteiger partial charge is 0.218 e. The van der Waals surface area contributed by atoms with Gasteiger partial charge in [-0.25, -0.2) is 15.8 Å². The third-order valence-corrected chi connectivity index (χ3v) is 1.51. The van der Waals surface area contributed by atoms with Crippen LogP contribution in [0.4, 0.5) is 5.82 Å². The number of anilines is 1. The van der Waals surface area contributed by atoms with Crippen molar-refractivity contribution in [3.63, 3.8) is 0 Å². The molecule has 14 heavy (non-hydrogen) atoms. The average Bonchev–Trinajstić information content (AvgIpc) is 2.18. The van der Waals surface area contributed by atoms with E-state index in [2.05, 4.69) is 15.4 Å². The second kappa shape index (κ2) is 5.36. The van der Waals surface area contributed by atoms with Gasteiger partial charge in [0.1, 0.15) is 18.2 Å². The van der Waals surface area contributed by atoms with Gasteiger partial charge in [-0.3, -0.25) is 0 Å². The summed E-state index contributed by atoms with van der Waals surface area (Å²) in [6.07, 6.45) is 1.32. The second-order valence-corrected chi connectivity index (χ2v) is 2.77. The molecule has 0 aliphatic rings. The Bertz CT molecular complexity index is 282. The largest absolute Gasteiger partial charge is 0.472 e. The molecule has 1 aromatic rings. The molecule has 0 saturated heterocycles. The van der Waals surface area contributed by atoms with Gasteiger partial charge in [0.2, 0.25) is 5.88 Å². The number of nitrogens with two attached hydrogens (primary N) is 1. The Morgan fingerprint density at radius 1 is 1.57 bits per heavy atom. The Labute approximate surface area is 82.4 Å². The van der Waals surface area contributed by atoms with Crippen LogP contribution in [0.3, 0.4) is 0 Å². The Morgan fingerprint density at radius 3 is 3.00 bits per heavy atom. The molecule has 78 valence electrons. The lowest BCUT2D eigenvalue weighted by atomic mass is 10.4. The summed E-state index contributed by atoms with van der Waals surface area (Å²) in [4.78, 5) is 7.78. The number of ether oxygens (including phenoxy) is 2. The predicted molar refractivity (Wildman–Crippen MR) is 51.8 cm³/mol. The lowest BCUT2D eigenvalue weighted by Crippen LogP contribution is -2.19. The van der Waals surface area contributed by atoms with Crippen molar-refractivity contribution in [3.8, 4) is 5.88 Å². The van der Waals surface area contributed by atoms with Gasteiger partial charge in [0.15, 0.2) is 0 Å². The van der Waals surface area contributed by atoms with Gasteiger partial charge < -0.3 is 14.9 Å². The molecule has 1 heterocycles. The fraction of sp³-hybridized carbons (Fsp3) is 0.500. The highest BCUT2D eigenvalue weighted by Gasteiger charge is 2.04. The summed E-state index contributed by atoms with van der Waals surface area (Å²) in [5.74, 6) is 6.17. The second-order valence-electron chi connectivity index (χ2n) is 2.77. The van der Waals surface area contributed by atoms with E-state index in [0.29, 0.717) is 18.3 Å². The van der Waals surface area contributed by atoms with Crippen LogP contribution in [-0.4, -0.2) is 29.8 Å². The number of nitrogens with zero attached hydrogens (tertiary/aromatic N) is 2. The van der Waals surface area contributed by atoms with E-state index in [0.717, 1.165) is 0 Å². The summed E-state index contributed by atoms with van der Waals surface area (Å²) in [6.45, 7) is 2.40. The molecule has 0 amide bonds. The quantitative estimate of drug-likeness (QED) is 0.518. The van der Waals surface area contributed by atoms with Crippen molar-refractivity contribution < 1.29 is 9.47 Å². The summed E-state index contributed by atoms with van der Waals surface area (Å²) in [5.41, 5.74) is 2.41.